The third kappa shape index (κ3) is 5.22. The number of benzene rings is 1. The normalized spacial score (nSPS) is 17.6. The van der Waals surface area contributed by atoms with Gasteiger partial charge in [-0.2, -0.15) is 0 Å². The molecule has 0 saturated carbocycles. The molecule has 2 amide bonds. The summed E-state index contributed by atoms with van der Waals surface area (Å²) >= 11 is 1.62. The highest BCUT2D eigenvalue weighted by Gasteiger charge is 2.35. The van der Waals surface area contributed by atoms with Gasteiger partial charge in [0.05, 0.1) is 5.88 Å². The number of hydrogen-bond donors (Lipinski definition) is 2. The first-order chi connectivity index (χ1) is 11.8. The first-order valence-electron chi connectivity index (χ1n) is 8.82. The van der Waals surface area contributed by atoms with Crippen LogP contribution >= 0.6 is 11.8 Å². The van der Waals surface area contributed by atoms with Crippen molar-refractivity contribution >= 4 is 23.6 Å². The van der Waals surface area contributed by atoms with Crippen molar-refractivity contribution in [1.29, 1.82) is 0 Å². The van der Waals surface area contributed by atoms with Crippen LogP contribution in [0.5, 0.6) is 0 Å². The quantitative estimate of drug-likeness (QED) is 0.761. The Labute approximate surface area is 154 Å². The number of carbonyl (C=O) groups excluding carboxylic acids is 2. The van der Waals surface area contributed by atoms with Crippen LogP contribution in [0.3, 0.4) is 0 Å². The fourth-order valence-electron chi connectivity index (χ4n) is 2.71. The topological polar surface area (TPSA) is 61.4 Å². The molecule has 0 bridgehead atoms. The van der Waals surface area contributed by atoms with Gasteiger partial charge in [0.15, 0.2) is 0 Å². The van der Waals surface area contributed by atoms with Crippen LogP contribution in [0, 0.1) is 0 Å². The molecule has 0 aromatic heterocycles. The first kappa shape index (κ1) is 19.8. The van der Waals surface area contributed by atoms with Gasteiger partial charge >= 0.3 is 0 Å². The zero-order valence-corrected chi connectivity index (χ0v) is 16.4. The maximum atomic E-state index is 12.8. The van der Waals surface area contributed by atoms with Crippen LogP contribution in [0.15, 0.2) is 24.3 Å². The number of likely N-dealkylation sites (N-methyl/N-ethyl adjacent to an activating group) is 1. The predicted octanol–water partition coefficient (Wildman–Crippen LogP) is 2.22. The molecule has 1 heterocycles. The average Bonchev–Trinajstić information content (AvgIpc) is 3.07. The minimum Gasteiger partial charge on any atom is -0.353 e. The van der Waals surface area contributed by atoms with Gasteiger partial charge in [-0.3, -0.25) is 9.59 Å². The Morgan fingerprint density at radius 1 is 1.20 bits per heavy atom. The molecular weight excluding hydrogens is 334 g/mol. The van der Waals surface area contributed by atoms with Gasteiger partial charge in [-0.25, -0.2) is 0 Å². The smallest absolute Gasteiger partial charge is 0.255 e. The summed E-state index contributed by atoms with van der Waals surface area (Å²) in [4.78, 5) is 26.9. The number of nitrogens with one attached hydrogen (secondary N) is 2. The monoisotopic (exact) mass is 363 g/mol. The lowest BCUT2D eigenvalue weighted by atomic mass is 9.86. The van der Waals surface area contributed by atoms with Crippen molar-refractivity contribution in [1.82, 2.24) is 15.5 Å². The maximum absolute atomic E-state index is 12.8. The molecule has 5 nitrogen and oxygen atoms in total. The Morgan fingerprint density at radius 3 is 2.48 bits per heavy atom. The molecule has 2 rings (SSSR count). The molecule has 1 aromatic rings. The predicted molar refractivity (Wildman–Crippen MR) is 104 cm³/mol. The summed E-state index contributed by atoms with van der Waals surface area (Å²) in [7, 11) is 0. The van der Waals surface area contributed by atoms with Gasteiger partial charge in [-0.1, -0.05) is 39.8 Å². The summed E-state index contributed by atoms with van der Waals surface area (Å²) in [5.41, 5.74) is 1.89. The van der Waals surface area contributed by atoms with Crippen molar-refractivity contribution < 1.29 is 9.59 Å². The van der Waals surface area contributed by atoms with Gasteiger partial charge < -0.3 is 15.5 Å². The van der Waals surface area contributed by atoms with Crippen LogP contribution < -0.4 is 10.6 Å². The number of rotatable bonds is 6. The zero-order chi connectivity index (χ0) is 18.4. The third-order valence-corrected chi connectivity index (χ3v) is 5.31. The van der Waals surface area contributed by atoms with E-state index < -0.39 is 0 Å². The Hall–Kier alpha value is -1.53. The summed E-state index contributed by atoms with van der Waals surface area (Å²) in [6.45, 7) is 10.7. The van der Waals surface area contributed by atoms with Gasteiger partial charge in [0.2, 0.25) is 5.91 Å². The SMILES string of the molecule is CCNCCNC(=O)C1CSCN1C(=O)c1ccc(C(C)(C)C)cc1. The van der Waals surface area contributed by atoms with Gasteiger partial charge in [0, 0.05) is 24.4 Å². The minimum absolute atomic E-state index is 0.0556. The van der Waals surface area contributed by atoms with Crippen molar-refractivity contribution in [2.45, 2.75) is 39.2 Å². The van der Waals surface area contributed by atoms with Crippen molar-refractivity contribution in [2.75, 3.05) is 31.3 Å². The molecule has 1 fully saturated rings. The first-order valence-corrected chi connectivity index (χ1v) is 9.97. The van der Waals surface area contributed by atoms with E-state index in [0.717, 1.165) is 13.1 Å². The lowest BCUT2D eigenvalue weighted by molar-refractivity contribution is -0.124. The Bertz CT molecular complexity index is 596. The Morgan fingerprint density at radius 2 is 1.88 bits per heavy atom. The van der Waals surface area contributed by atoms with Crippen molar-refractivity contribution in [3.05, 3.63) is 35.4 Å². The summed E-state index contributed by atoms with van der Waals surface area (Å²) in [5, 5.41) is 6.09. The fraction of sp³-hybridized carbons (Fsp3) is 0.579. The van der Waals surface area contributed by atoms with Gasteiger partial charge in [0.25, 0.3) is 5.91 Å². The maximum Gasteiger partial charge on any atom is 0.255 e. The van der Waals surface area contributed by atoms with E-state index in [-0.39, 0.29) is 23.3 Å². The summed E-state index contributed by atoms with van der Waals surface area (Å²) in [5.74, 6) is 1.07. The fourth-order valence-corrected chi connectivity index (χ4v) is 3.86. The van der Waals surface area contributed by atoms with E-state index in [2.05, 4.69) is 31.4 Å². The van der Waals surface area contributed by atoms with Crippen molar-refractivity contribution in [3.8, 4) is 0 Å². The molecule has 0 spiro atoms. The molecule has 0 radical (unpaired) electrons. The molecule has 2 N–H and O–H groups in total. The highest BCUT2D eigenvalue weighted by atomic mass is 32.2. The number of nitrogens with zero attached hydrogens (tertiary/aromatic N) is 1. The van der Waals surface area contributed by atoms with Gasteiger partial charge in [-0.05, 0) is 29.7 Å². The molecule has 6 heteroatoms. The summed E-state index contributed by atoms with van der Waals surface area (Å²) in [6, 6.07) is 7.35. The van der Waals surface area contributed by atoms with Crippen molar-refractivity contribution in [3.63, 3.8) is 0 Å². The molecule has 1 unspecified atom stereocenters. The largest absolute Gasteiger partial charge is 0.353 e. The van der Waals surface area contributed by atoms with Crippen LogP contribution in [-0.4, -0.2) is 54.0 Å². The van der Waals surface area contributed by atoms with Gasteiger partial charge in [0.1, 0.15) is 6.04 Å². The van der Waals surface area contributed by atoms with Crippen LogP contribution in [0.4, 0.5) is 0 Å². The molecule has 1 aromatic carbocycles. The van der Waals surface area contributed by atoms with E-state index in [1.54, 1.807) is 16.7 Å². The van der Waals surface area contributed by atoms with Crippen LogP contribution in [0.2, 0.25) is 0 Å². The Balaban J connectivity index is 2.01. The number of hydrogen-bond acceptors (Lipinski definition) is 4. The number of carbonyl (C=O) groups is 2. The van der Waals surface area contributed by atoms with Gasteiger partial charge in [-0.15, -0.1) is 11.8 Å². The molecule has 1 saturated heterocycles. The summed E-state index contributed by atoms with van der Waals surface area (Å²) in [6.07, 6.45) is 0. The average molecular weight is 364 g/mol. The van der Waals surface area contributed by atoms with E-state index in [0.29, 0.717) is 23.7 Å². The lowest BCUT2D eigenvalue weighted by Crippen LogP contribution is -2.48. The van der Waals surface area contributed by atoms with Crippen LogP contribution in [-0.2, 0) is 10.2 Å². The highest BCUT2D eigenvalue weighted by molar-refractivity contribution is 7.99. The van der Waals surface area contributed by atoms with Crippen LogP contribution in [0.25, 0.3) is 0 Å². The highest BCUT2D eigenvalue weighted by Crippen LogP contribution is 2.25. The molecule has 138 valence electrons. The zero-order valence-electron chi connectivity index (χ0n) is 15.6. The Kier molecular flexibility index (Phi) is 6.90. The standard InChI is InChI=1S/C19H29N3O2S/c1-5-20-10-11-21-17(23)16-12-25-13-22(16)18(24)14-6-8-15(9-7-14)19(2,3)4/h6-9,16,20H,5,10-13H2,1-4H3,(H,21,23). The van der Waals surface area contributed by atoms with E-state index in [9.17, 15) is 9.59 Å². The molecule has 1 aliphatic rings. The molecular formula is C19H29N3O2S. The second-order valence-electron chi connectivity index (χ2n) is 7.26. The van der Waals surface area contributed by atoms with E-state index >= 15 is 0 Å². The summed E-state index contributed by atoms with van der Waals surface area (Å²) < 4.78 is 0. The lowest BCUT2D eigenvalue weighted by Gasteiger charge is -2.24. The van der Waals surface area contributed by atoms with E-state index in [4.69, 9.17) is 0 Å². The third-order valence-electron chi connectivity index (χ3n) is 4.29. The van der Waals surface area contributed by atoms with E-state index in [1.165, 1.54) is 5.56 Å². The number of amides is 2. The second-order valence-corrected chi connectivity index (χ2v) is 8.26. The second kappa shape index (κ2) is 8.72. The molecule has 1 aliphatic heterocycles. The number of thioether (sulfide) groups is 1. The molecule has 0 aliphatic carbocycles. The van der Waals surface area contributed by atoms with E-state index in [1.807, 2.05) is 31.2 Å². The molecule has 25 heavy (non-hydrogen) atoms. The molecule has 1 atom stereocenters. The van der Waals surface area contributed by atoms with Crippen LogP contribution in [0.1, 0.15) is 43.6 Å². The minimum atomic E-state index is -0.388. The van der Waals surface area contributed by atoms with Crippen molar-refractivity contribution in [2.24, 2.45) is 0 Å².